The zero-order chi connectivity index (χ0) is 15.5. The highest BCUT2D eigenvalue weighted by Gasteiger charge is 2.22. The summed E-state index contributed by atoms with van der Waals surface area (Å²) in [6.45, 7) is 6.80. The van der Waals surface area contributed by atoms with Crippen LogP contribution >= 0.6 is 15.9 Å². The molecule has 0 radical (unpaired) electrons. The van der Waals surface area contributed by atoms with Crippen molar-refractivity contribution in [3.63, 3.8) is 0 Å². The van der Waals surface area contributed by atoms with Gasteiger partial charge in [-0.2, -0.15) is 0 Å². The van der Waals surface area contributed by atoms with Crippen molar-refractivity contribution in [3.05, 3.63) is 33.8 Å². The van der Waals surface area contributed by atoms with Gasteiger partial charge in [0.15, 0.2) is 0 Å². The second-order valence-electron chi connectivity index (χ2n) is 6.13. The van der Waals surface area contributed by atoms with Crippen LogP contribution < -0.4 is 5.32 Å². The highest BCUT2D eigenvalue weighted by Crippen LogP contribution is 2.33. The molecule has 2 rings (SSSR count). The number of ether oxygens (including phenoxy) is 2. The van der Waals surface area contributed by atoms with Gasteiger partial charge in [0.05, 0.1) is 12.7 Å². The van der Waals surface area contributed by atoms with Gasteiger partial charge in [0.2, 0.25) is 0 Å². The number of benzene rings is 1. The molecule has 1 aromatic carbocycles. The number of hydrogen-bond donors (Lipinski definition) is 1. The maximum absolute atomic E-state index is 11.6. The second kappa shape index (κ2) is 6.79. The number of carbonyl (C=O) groups excluding carboxylic acids is 1. The van der Waals surface area contributed by atoms with E-state index in [9.17, 15) is 4.79 Å². The van der Waals surface area contributed by atoms with Crippen LogP contribution in [0.3, 0.4) is 0 Å². The molecule has 0 aliphatic carbocycles. The lowest BCUT2D eigenvalue weighted by Crippen LogP contribution is -2.33. The Kier molecular flexibility index (Phi) is 5.27. The Morgan fingerprint density at radius 3 is 2.95 bits per heavy atom. The van der Waals surface area contributed by atoms with Crippen molar-refractivity contribution in [1.82, 2.24) is 5.32 Å². The van der Waals surface area contributed by atoms with Crippen LogP contribution in [-0.4, -0.2) is 24.8 Å². The third-order valence-electron chi connectivity index (χ3n) is 3.25. The predicted molar refractivity (Wildman–Crippen MR) is 85.4 cm³/mol. The molecule has 1 aliphatic heterocycles. The number of alkyl carbamates (subject to hydrolysis) is 1. The van der Waals surface area contributed by atoms with Crippen LogP contribution in [0.4, 0.5) is 4.79 Å². The molecular formula is C16H22BrNO3. The molecule has 116 valence electrons. The summed E-state index contributed by atoms with van der Waals surface area (Å²) >= 11 is 3.59. The Labute approximate surface area is 134 Å². The number of amides is 1. The van der Waals surface area contributed by atoms with E-state index in [1.807, 2.05) is 26.8 Å². The third-order valence-corrected chi connectivity index (χ3v) is 3.99. The van der Waals surface area contributed by atoms with Gasteiger partial charge in [0.1, 0.15) is 5.60 Å². The Balaban J connectivity index is 1.88. The Morgan fingerprint density at radius 2 is 2.24 bits per heavy atom. The van der Waals surface area contributed by atoms with E-state index in [-0.39, 0.29) is 12.2 Å². The smallest absolute Gasteiger partial charge is 0.407 e. The summed E-state index contributed by atoms with van der Waals surface area (Å²) < 4.78 is 12.2. The van der Waals surface area contributed by atoms with Crippen LogP contribution in [-0.2, 0) is 15.9 Å². The summed E-state index contributed by atoms with van der Waals surface area (Å²) in [6, 6.07) is 6.17. The standard InChI is InChI=1S/C16H22BrNO3/c1-16(2,3)21-15(19)18-9-7-14-12-5-4-6-13(17)11(12)8-10-20-14/h4-6,14H,7-10H2,1-3H3,(H,18,19)/t14-/m1/s1. The van der Waals surface area contributed by atoms with Crippen LogP contribution in [0.2, 0.25) is 0 Å². The summed E-state index contributed by atoms with van der Waals surface area (Å²) in [5.41, 5.74) is 2.05. The van der Waals surface area contributed by atoms with Gasteiger partial charge in [0, 0.05) is 11.0 Å². The quantitative estimate of drug-likeness (QED) is 0.891. The number of nitrogens with one attached hydrogen (secondary N) is 1. The average Bonchev–Trinajstić information content (AvgIpc) is 2.37. The first-order chi connectivity index (χ1) is 9.87. The molecule has 4 nitrogen and oxygen atoms in total. The van der Waals surface area contributed by atoms with Crippen molar-refractivity contribution in [1.29, 1.82) is 0 Å². The van der Waals surface area contributed by atoms with Gasteiger partial charge >= 0.3 is 6.09 Å². The van der Waals surface area contributed by atoms with Crippen LogP contribution in [0.5, 0.6) is 0 Å². The van der Waals surface area contributed by atoms with E-state index in [1.165, 1.54) is 11.1 Å². The van der Waals surface area contributed by atoms with Crippen molar-refractivity contribution in [3.8, 4) is 0 Å². The summed E-state index contributed by atoms with van der Waals surface area (Å²) in [6.07, 6.45) is 1.31. The first-order valence-corrected chi connectivity index (χ1v) is 8.02. The van der Waals surface area contributed by atoms with Gasteiger partial charge in [0.25, 0.3) is 0 Å². The van der Waals surface area contributed by atoms with Gasteiger partial charge in [-0.3, -0.25) is 0 Å². The molecule has 1 atom stereocenters. The predicted octanol–water partition coefficient (Wildman–Crippen LogP) is 3.98. The molecule has 0 bridgehead atoms. The van der Waals surface area contributed by atoms with E-state index in [4.69, 9.17) is 9.47 Å². The zero-order valence-electron chi connectivity index (χ0n) is 12.7. The second-order valence-corrected chi connectivity index (χ2v) is 6.99. The Morgan fingerprint density at radius 1 is 1.48 bits per heavy atom. The fourth-order valence-corrected chi connectivity index (χ4v) is 2.97. The number of carbonyl (C=O) groups is 1. The fourth-order valence-electron chi connectivity index (χ4n) is 2.39. The van der Waals surface area contributed by atoms with Crippen LogP contribution in [0.25, 0.3) is 0 Å². The van der Waals surface area contributed by atoms with Crippen molar-refractivity contribution in [2.24, 2.45) is 0 Å². The van der Waals surface area contributed by atoms with Gasteiger partial charge in [-0.1, -0.05) is 28.1 Å². The van der Waals surface area contributed by atoms with Crippen molar-refractivity contribution < 1.29 is 14.3 Å². The van der Waals surface area contributed by atoms with Crippen LogP contribution in [0.15, 0.2) is 22.7 Å². The molecule has 0 aromatic heterocycles. The topological polar surface area (TPSA) is 47.6 Å². The summed E-state index contributed by atoms with van der Waals surface area (Å²) in [7, 11) is 0. The molecule has 1 N–H and O–H groups in total. The molecule has 1 amide bonds. The maximum atomic E-state index is 11.6. The molecule has 0 unspecified atom stereocenters. The van der Waals surface area contributed by atoms with E-state index in [0.29, 0.717) is 13.2 Å². The highest BCUT2D eigenvalue weighted by atomic mass is 79.9. The lowest BCUT2D eigenvalue weighted by Gasteiger charge is -2.27. The molecule has 1 aromatic rings. The summed E-state index contributed by atoms with van der Waals surface area (Å²) in [4.78, 5) is 11.6. The maximum Gasteiger partial charge on any atom is 0.407 e. The molecule has 0 saturated heterocycles. The summed E-state index contributed by atoms with van der Waals surface area (Å²) in [5.74, 6) is 0. The largest absolute Gasteiger partial charge is 0.444 e. The molecule has 21 heavy (non-hydrogen) atoms. The lowest BCUT2D eigenvalue weighted by molar-refractivity contribution is 0.0327. The molecule has 0 fully saturated rings. The zero-order valence-corrected chi connectivity index (χ0v) is 14.3. The third kappa shape index (κ3) is 4.71. The van der Waals surface area contributed by atoms with E-state index in [1.54, 1.807) is 0 Å². The van der Waals surface area contributed by atoms with Crippen molar-refractivity contribution in [2.45, 2.75) is 45.3 Å². The van der Waals surface area contributed by atoms with Gasteiger partial charge in [-0.25, -0.2) is 4.79 Å². The van der Waals surface area contributed by atoms with Crippen molar-refractivity contribution in [2.75, 3.05) is 13.2 Å². The molecule has 5 heteroatoms. The van der Waals surface area contributed by atoms with E-state index < -0.39 is 5.60 Å². The fraction of sp³-hybridized carbons (Fsp3) is 0.562. The van der Waals surface area contributed by atoms with E-state index in [0.717, 1.165) is 17.3 Å². The van der Waals surface area contributed by atoms with Gasteiger partial charge in [-0.15, -0.1) is 0 Å². The number of hydrogen-bond acceptors (Lipinski definition) is 3. The molecule has 1 heterocycles. The number of halogens is 1. The van der Waals surface area contributed by atoms with Gasteiger partial charge in [-0.05, 0) is 50.8 Å². The highest BCUT2D eigenvalue weighted by molar-refractivity contribution is 9.10. The summed E-state index contributed by atoms with van der Waals surface area (Å²) in [5, 5.41) is 2.78. The first-order valence-electron chi connectivity index (χ1n) is 7.22. The minimum absolute atomic E-state index is 0.0289. The van der Waals surface area contributed by atoms with Crippen molar-refractivity contribution >= 4 is 22.0 Å². The minimum Gasteiger partial charge on any atom is -0.444 e. The molecular weight excluding hydrogens is 334 g/mol. The van der Waals surface area contributed by atoms with E-state index >= 15 is 0 Å². The Hall–Kier alpha value is -1.07. The minimum atomic E-state index is -0.469. The number of rotatable bonds is 3. The lowest BCUT2D eigenvalue weighted by atomic mass is 9.96. The molecule has 1 aliphatic rings. The first kappa shape index (κ1) is 16.3. The average molecular weight is 356 g/mol. The number of fused-ring (bicyclic) bond motifs is 1. The molecule has 0 spiro atoms. The van der Waals surface area contributed by atoms with Crippen LogP contribution in [0.1, 0.15) is 44.4 Å². The normalized spacial score (nSPS) is 18.0. The van der Waals surface area contributed by atoms with Crippen LogP contribution in [0, 0.1) is 0 Å². The van der Waals surface area contributed by atoms with E-state index in [2.05, 4.69) is 33.4 Å². The molecule has 0 saturated carbocycles. The van der Waals surface area contributed by atoms with Gasteiger partial charge < -0.3 is 14.8 Å². The Bertz CT molecular complexity index is 511. The SMILES string of the molecule is CC(C)(C)OC(=O)NCC[C@H]1OCCc2c(Br)cccc21. The monoisotopic (exact) mass is 355 g/mol.